The normalized spacial score (nSPS) is 11.1. The molecule has 1 N–H and O–H groups in total. The lowest BCUT2D eigenvalue weighted by Crippen LogP contribution is -2.23. The van der Waals surface area contributed by atoms with Crippen LogP contribution < -0.4 is 5.32 Å². The standard InChI is InChI=1S/C16H17ClN4O2/c1-10-3-5-14-19-12(9-21(14)8-10)7-18-15(22)6-4-13-11(2)20-23-16(13)17/h3,5,8-9H,4,6-7H2,1-2H3,(H,18,22). The van der Waals surface area contributed by atoms with E-state index in [9.17, 15) is 4.79 Å². The SMILES string of the molecule is Cc1ccc2nc(CNC(=O)CCc3c(C)noc3Cl)cn2c1. The van der Waals surface area contributed by atoms with Gasteiger partial charge in [0.1, 0.15) is 5.65 Å². The summed E-state index contributed by atoms with van der Waals surface area (Å²) in [7, 11) is 0. The highest BCUT2D eigenvalue weighted by molar-refractivity contribution is 6.29. The van der Waals surface area contributed by atoms with Gasteiger partial charge in [-0.3, -0.25) is 4.79 Å². The average Bonchev–Trinajstić information content (AvgIpc) is 3.06. The van der Waals surface area contributed by atoms with Crippen LogP contribution in [0, 0.1) is 13.8 Å². The lowest BCUT2D eigenvalue weighted by Gasteiger charge is -2.02. The number of aryl methyl sites for hydroxylation is 2. The van der Waals surface area contributed by atoms with Crippen molar-refractivity contribution in [3.8, 4) is 0 Å². The van der Waals surface area contributed by atoms with Gasteiger partial charge in [0, 0.05) is 24.4 Å². The van der Waals surface area contributed by atoms with Gasteiger partial charge in [-0.15, -0.1) is 0 Å². The quantitative estimate of drug-likeness (QED) is 0.779. The second-order valence-corrected chi connectivity index (χ2v) is 5.84. The topological polar surface area (TPSA) is 72.4 Å². The molecule has 0 saturated heterocycles. The first-order valence-corrected chi connectivity index (χ1v) is 7.72. The maximum Gasteiger partial charge on any atom is 0.229 e. The van der Waals surface area contributed by atoms with Gasteiger partial charge < -0.3 is 14.2 Å². The molecular weight excluding hydrogens is 316 g/mol. The van der Waals surface area contributed by atoms with Crippen molar-refractivity contribution < 1.29 is 9.32 Å². The number of carbonyl (C=O) groups is 1. The zero-order valence-corrected chi connectivity index (χ0v) is 13.7. The van der Waals surface area contributed by atoms with Crippen molar-refractivity contribution in [1.29, 1.82) is 0 Å². The fraction of sp³-hybridized carbons (Fsp3) is 0.312. The molecule has 23 heavy (non-hydrogen) atoms. The van der Waals surface area contributed by atoms with Crippen LogP contribution >= 0.6 is 11.6 Å². The van der Waals surface area contributed by atoms with Gasteiger partial charge in [-0.05, 0) is 43.5 Å². The van der Waals surface area contributed by atoms with Crippen molar-refractivity contribution in [1.82, 2.24) is 19.9 Å². The molecule has 6 nitrogen and oxygen atoms in total. The van der Waals surface area contributed by atoms with Crippen LogP contribution in [0.2, 0.25) is 5.22 Å². The summed E-state index contributed by atoms with van der Waals surface area (Å²) in [5, 5.41) is 6.89. The van der Waals surface area contributed by atoms with E-state index >= 15 is 0 Å². The van der Waals surface area contributed by atoms with Crippen molar-refractivity contribution in [2.75, 3.05) is 0 Å². The van der Waals surface area contributed by atoms with Crippen LogP contribution in [0.5, 0.6) is 0 Å². The van der Waals surface area contributed by atoms with Gasteiger partial charge in [-0.25, -0.2) is 4.98 Å². The van der Waals surface area contributed by atoms with E-state index in [-0.39, 0.29) is 11.1 Å². The first-order valence-electron chi connectivity index (χ1n) is 7.34. The number of hydrogen-bond acceptors (Lipinski definition) is 4. The lowest BCUT2D eigenvalue weighted by atomic mass is 10.1. The van der Waals surface area contributed by atoms with Crippen LogP contribution in [-0.2, 0) is 17.8 Å². The van der Waals surface area contributed by atoms with E-state index in [4.69, 9.17) is 16.1 Å². The smallest absolute Gasteiger partial charge is 0.229 e. The molecule has 120 valence electrons. The third-order valence-corrected chi connectivity index (χ3v) is 3.95. The number of pyridine rings is 1. The van der Waals surface area contributed by atoms with Crippen LogP contribution in [-0.4, -0.2) is 20.4 Å². The van der Waals surface area contributed by atoms with Gasteiger partial charge in [0.05, 0.1) is 17.9 Å². The Balaban J connectivity index is 1.55. The number of hydrogen-bond donors (Lipinski definition) is 1. The number of imidazole rings is 1. The summed E-state index contributed by atoms with van der Waals surface area (Å²) in [6, 6.07) is 3.97. The second kappa shape index (κ2) is 6.42. The van der Waals surface area contributed by atoms with E-state index < -0.39 is 0 Å². The number of halogens is 1. The van der Waals surface area contributed by atoms with E-state index in [0.29, 0.717) is 19.4 Å². The zero-order valence-electron chi connectivity index (χ0n) is 13.0. The Labute approximate surface area is 138 Å². The van der Waals surface area contributed by atoms with Gasteiger partial charge >= 0.3 is 0 Å². The Morgan fingerprint density at radius 3 is 2.91 bits per heavy atom. The third-order valence-electron chi connectivity index (χ3n) is 3.65. The molecule has 3 aromatic heterocycles. The van der Waals surface area contributed by atoms with Gasteiger partial charge in [0.2, 0.25) is 11.1 Å². The maximum atomic E-state index is 12.0. The Hall–Kier alpha value is -2.34. The van der Waals surface area contributed by atoms with Crippen molar-refractivity contribution in [2.45, 2.75) is 33.2 Å². The zero-order chi connectivity index (χ0) is 16.4. The van der Waals surface area contributed by atoms with E-state index in [0.717, 1.165) is 28.2 Å². The third kappa shape index (κ3) is 3.53. The van der Waals surface area contributed by atoms with E-state index in [1.807, 2.05) is 35.9 Å². The summed E-state index contributed by atoms with van der Waals surface area (Å²) in [5.74, 6) is -0.0603. The minimum Gasteiger partial charge on any atom is -0.350 e. The summed E-state index contributed by atoms with van der Waals surface area (Å²) in [4.78, 5) is 16.4. The molecule has 1 amide bonds. The van der Waals surface area contributed by atoms with Crippen molar-refractivity contribution in [3.05, 3.63) is 52.3 Å². The van der Waals surface area contributed by atoms with Gasteiger partial charge in [0.25, 0.3) is 0 Å². The van der Waals surface area contributed by atoms with Crippen LogP contribution in [0.4, 0.5) is 0 Å². The highest BCUT2D eigenvalue weighted by Crippen LogP contribution is 2.20. The molecule has 3 heterocycles. The number of rotatable bonds is 5. The first kappa shape index (κ1) is 15.6. The number of nitrogens with zero attached hydrogens (tertiary/aromatic N) is 3. The summed E-state index contributed by atoms with van der Waals surface area (Å²) in [6.07, 6.45) is 4.76. The minimum absolute atomic E-state index is 0.0603. The van der Waals surface area contributed by atoms with Crippen LogP contribution in [0.25, 0.3) is 5.65 Å². The number of nitrogens with one attached hydrogen (secondary N) is 1. The molecule has 0 unspecified atom stereocenters. The number of carbonyl (C=O) groups excluding carboxylic acids is 1. The molecular formula is C16H17ClN4O2. The Bertz CT molecular complexity index is 834. The van der Waals surface area contributed by atoms with E-state index in [2.05, 4.69) is 15.5 Å². The molecule has 0 saturated carbocycles. The molecule has 0 fully saturated rings. The van der Waals surface area contributed by atoms with Crippen LogP contribution in [0.15, 0.2) is 29.0 Å². The molecule has 0 radical (unpaired) electrons. The highest BCUT2D eigenvalue weighted by Gasteiger charge is 2.12. The van der Waals surface area contributed by atoms with Crippen LogP contribution in [0.3, 0.4) is 0 Å². The van der Waals surface area contributed by atoms with Crippen molar-refractivity contribution >= 4 is 23.2 Å². The summed E-state index contributed by atoms with van der Waals surface area (Å²) < 4.78 is 6.83. The van der Waals surface area contributed by atoms with Gasteiger partial charge in [-0.1, -0.05) is 11.2 Å². The molecule has 7 heteroatoms. The predicted molar refractivity (Wildman–Crippen MR) is 86.3 cm³/mol. The summed E-state index contributed by atoms with van der Waals surface area (Å²) in [6.45, 7) is 4.23. The average molecular weight is 333 g/mol. The summed E-state index contributed by atoms with van der Waals surface area (Å²) in [5.41, 5.74) is 4.35. The molecule has 0 aromatic carbocycles. The fourth-order valence-corrected chi connectivity index (χ4v) is 2.66. The van der Waals surface area contributed by atoms with Gasteiger partial charge in [0.15, 0.2) is 0 Å². The Morgan fingerprint density at radius 1 is 1.35 bits per heavy atom. The Kier molecular flexibility index (Phi) is 4.34. The largest absolute Gasteiger partial charge is 0.350 e. The van der Waals surface area contributed by atoms with Crippen LogP contribution in [0.1, 0.15) is 28.9 Å². The first-order chi connectivity index (χ1) is 11.0. The van der Waals surface area contributed by atoms with E-state index in [1.165, 1.54) is 0 Å². The second-order valence-electron chi connectivity index (χ2n) is 5.50. The number of fused-ring (bicyclic) bond motifs is 1. The van der Waals surface area contributed by atoms with Crippen molar-refractivity contribution in [2.24, 2.45) is 0 Å². The molecule has 3 aromatic rings. The maximum absolute atomic E-state index is 12.0. The lowest BCUT2D eigenvalue weighted by molar-refractivity contribution is -0.121. The molecule has 0 aliphatic heterocycles. The molecule has 0 aliphatic carbocycles. The molecule has 0 aliphatic rings. The van der Waals surface area contributed by atoms with E-state index in [1.54, 1.807) is 6.92 Å². The molecule has 0 bridgehead atoms. The molecule has 3 rings (SSSR count). The van der Waals surface area contributed by atoms with Gasteiger partial charge in [-0.2, -0.15) is 0 Å². The number of amides is 1. The fourth-order valence-electron chi connectivity index (χ4n) is 2.40. The summed E-state index contributed by atoms with van der Waals surface area (Å²) >= 11 is 5.89. The molecule has 0 atom stereocenters. The molecule has 0 spiro atoms. The monoisotopic (exact) mass is 332 g/mol. The Morgan fingerprint density at radius 2 is 2.17 bits per heavy atom. The highest BCUT2D eigenvalue weighted by atomic mass is 35.5. The van der Waals surface area contributed by atoms with Crippen molar-refractivity contribution in [3.63, 3.8) is 0 Å². The minimum atomic E-state index is -0.0603. The predicted octanol–water partition coefficient (Wildman–Crippen LogP) is 2.84. The number of aromatic nitrogens is 3.